The van der Waals surface area contributed by atoms with Crippen LogP contribution in [-0.4, -0.2) is 53.2 Å². The molecule has 2 amide bonds. The highest BCUT2D eigenvalue weighted by atomic mass is 19.4. The third kappa shape index (κ3) is 7.69. The van der Waals surface area contributed by atoms with E-state index in [1.807, 2.05) is 0 Å². The van der Waals surface area contributed by atoms with Crippen molar-refractivity contribution in [3.8, 4) is 5.75 Å². The normalized spacial score (nSPS) is 19.4. The molecule has 1 saturated carbocycles. The summed E-state index contributed by atoms with van der Waals surface area (Å²) in [6, 6.07) is 12.7. The van der Waals surface area contributed by atoms with E-state index < -0.39 is 58.7 Å². The number of amides is 2. The van der Waals surface area contributed by atoms with Gasteiger partial charge in [0.05, 0.1) is 23.6 Å². The molecular weight excluding hydrogens is 657 g/mol. The number of hydrogen-bond acceptors (Lipinski definition) is 5. The van der Waals surface area contributed by atoms with Crippen molar-refractivity contribution in [2.45, 2.75) is 37.1 Å². The van der Waals surface area contributed by atoms with Crippen molar-refractivity contribution in [1.82, 2.24) is 15.2 Å². The van der Waals surface area contributed by atoms with Crippen LogP contribution in [0.15, 0.2) is 79.1 Å². The third-order valence-electron chi connectivity index (χ3n) is 8.94. The van der Waals surface area contributed by atoms with Crippen LogP contribution in [0.1, 0.15) is 45.8 Å². The number of pyridine rings is 1. The van der Waals surface area contributed by atoms with Gasteiger partial charge in [-0.1, -0.05) is 12.1 Å². The fourth-order valence-electron chi connectivity index (χ4n) is 6.56. The summed E-state index contributed by atoms with van der Waals surface area (Å²) in [4.78, 5) is 32.5. The molecule has 7 nitrogen and oxygen atoms in total. The van der Waals surface area contributed by atoms with Gasteiger partial charge in [-0.25, -0.2) is 17.6 Å². The highest BCUT2D eigenvalue weighted by Crippen LogP contribution is 2.52. The predicted octanol–water partition coefficient (Wildman–Crippen LogP) is 6.74. The number of benzene rings is 3. The van der Waals surface area contributed by atoms with Gasteiger partial charge in [0.25, 0.3) is 5.91 Å². The summed E-state index contributed by atoms with van der Waals surface area (Å²) in [5.41, 5.74) is 0.260. The first-order valence-electron chi connectivity index (χ1n) is 15.3. The number of carbonyl (C=O) groups is 2. The van der Waals surface area contributed by atoms with E-state index in [2.05, 4.69) is 20.4 Å². The molecule has 2 aliphatic rings. The first kappa shape index (κ1) is 33.9. The Hall–Kier alpha value is -4.98. The number of anilines is 1. The molecule has 3 atom stereocenters. The molecule has 1 aliphatic carbocycles. The van der Waals surface area contributed by atoms with Crippen molar-refractivity contribution >= 4 is 17.5 Å². The summed E-state index contributed by atoms with van der Waals surface area (Å²) in [5, 5.41) is 5.93. The maximum absolute atomic E-state index is 15.3. The summed E-state index contributed by atoms with van der Waals surface area (Å²) >= 11 is 0. The van der Waals surface area contributed by atoms with Gasteiger partial charge < -0.3 is 20.3 Å². The number of carbonyl (C=O) groups excluding carboxylic acids is 2. The monoisotopic (exact) mass is 686 g/mol. The number of piperazine rings is 1. The Kier molecular flexibility index (Phi) is 9.34. The molecule has 0 radical (unpaired) electrons. The number of ether oxygens (including phenoxy) is 1. The Bertz CT molecular complexity index is 1830. The van der Waals surface area contributed by atoms with E-state index in [1.54, 1.807) is 4.90 Å². The van der Waals surface area contributed by atoms with Gasteiger partial charge in [0.1, 0.15) is 29.0 Å². The van der Waals surface area contributed by atoms with Gasteiger partial charge in [-0.2, -0.15) is 0 Å². The lowest BCUT2D eigenvalue weighted by Gasteiger charge is -2.38. The first-order chi connectivity index (χ1) is 23.3. The maximum Gasteiger partial charge on any atom is 0.573 e. The second-order valence-corrected chi connectivity index (χ2v) is 12.1. The Morgan fingerprint density at radius 3 is 2.31 bits per heavy atom. The maximum atomic E-state index is 15.3. The van der Waals surface area contributed by atoms with Crippen LogP contribution >= 0.6 is 0 Å². The Morgan fingerprint density at radius 2 is 1.63 bits per heavy atom. The summed E-state index contributed by atoms with van der Waals surface area (Å²) < 4.78 is 99.0. The zero-order valence-electron chi connectivity index (χ0n) is 25.7. The van der Waals surface area contributed by atoms with Crippen molar-refractivity contribution in [3.05, 3.63) is 125 Å². The minimum absolute atomic E-state index is 0.0808. The van der Waals surface area contributed by atoms with Crippen molar-refractivity contribution < 1.29 is 45.1 Å². The molecule has 2 heterocycles. The minimum Gasteiger partial charge on any atom is -0.406 e. The minimum atomic E-state index is -4.87. The lowest BCUT2D eigenvalue weighted by Crippen LogP contribution is -2.56. The Balaban J connectivity index is 1.19. The second kappa shape index (κ2) is 13.5. The third-order valence-corrected chi connectivity index (χ3v) is 8.94. The summed E-state index contributed by atoms with van der Waals surface area (Å²) in [7, 11) is 0. The topological polar surface area (TPSA) is 83.6 Å². The molecule has 4 aromatic rings. The van der Waals surface area contributed by atoms with E-state index in [-0.39, 0.29) is 41.1 Å². The lowest BCUT2D eigenvalue weighted by atomic mass is 9.88. The molecule has 256 valence electrons. The number of nitrogens with zero attached hydrogens (tertiary/aromatic N) is 2. The fraction of sp³-hybridized carbons (Fsp3) is 0.286. The first-order valence-corrected chi connectivity index (χ1v) is 15.3. The van der Waals surface area contributed by atoms with Crippen LogP contribution < -0.4 is 15.4 Å². The molecule has 1 aromatic heterocycles. The molecule has 1 aliphatic heterocycles. The smallest absolute Gasteiger partial charge is 0.406 e. The molecule has 14 heteroatoms. The van der Waals surface area contributed by atoms with E-state index in [9.17, 15) is 35.9 Å². The molecule has 6 rings (SSSR count). The van der Waals surface area contributed by atoms with Crippen LogP contribution in [0.4, 0.5) is 36.4 Å². The standard InChI is InChI=1S/C35H29F7N4O3/c36-24-5-1-20(2-6-24)28(22-11-25(37)14-26(38)12-22)15-32(47)45-31-18-44-17-30(39)29(31)13-23-16-34(23)19-43-9-10-46(34)33(48)21-3-7-27(8-4-21)49-35(40,41)42/h1-8,11-12,14,17-18,23,28,43H,9-10,13,15-16,19H2,(H,45,47)/t23-,28+,34?/m1/s1. The summed E-state index contributed by atoms with van der Waals surface area (Å²) in [6.45, 7) is 1.19. The van der Waals surface area contributed by atoms with Gasteiger partial charge in [-0.3, -0.25) is 14.6 Å². The summed E-state index contributed by atoms with van der Waals surface area (Å²) in [5.74, 6) is -5.52. The second-order valence-electron chi connectivity index (χ2n) is 12.1. The van der Waals surface area contributed by atoms with E-state index in [1.165, 1.54) is 42.6 Å². The van der Waals surface area contributed by atoms with Crippen LogP contribution in [0.5, 0.6) is 5.75 Å². The number of rotatable bonds is 9. The number of hydrogen-bond donors (Lipinski definition) is 2. The van der Waals surface area contributed by atoms with Gasteiger partial charge in [-0.05, 0) is 78.4 Å². The van der Waals surface area contributed by atoms with E-state index in [0.29, 0.717) is 37.7 Å². The molecule has 3 aromatic carbocycles. The van der Waals surface area contributed by atoms with Crippen molar-refractivity contribution in [2.24, 2.45) is 5.92 Å². The van der Waals surface area contributed by atoms with Crippen molar-refractivity contribution in [1.29, 1.82) is 0 Å². The fourth-order valence-corrected chi connectivity index (χ4v) is 6.56. The van der Waals surface area contributed by atoms with E-state index in [4.69, 9.17) is 0 Å². The van der Waals surface area contributed by atoms with Gasteiger partial charge in [0.15, 0.2) is 0 Å². The van der Waals surface area contributed by atoms with Gasteiger partial charge >= 0.3 is 6.36 Å². The molecular formula is C35H29F7N4O3. The van der Waals surface area contributed by atoms with Crippen molar-refractivity contribution in [3.63, 3.8) is 0 Å². The van der Waals surface area contributed by atoms with Crippen LogP contribution in [0, 0.1) is 29.2 Å². The lowest BCUT2D eigenvalue weighted by molar-refractivity contribution is -0.274. The van der Waals surface area contributed by atoms with E-state index in [0.717, 1.165) is 30.5 Å². The molecule has 1 saturated heterocycles. The highest BCUT2D eigenvalue weighted by Gasteiger charge is 2.60. The summed E-state index contributed by atoms with van der Waals surface area (Å²) in [6.07, 6.45) is -2.30. The molecule has 0 bridgehead atoms. The zero-order chi connectivity index (χ0) is 34.9. The molecule has 1 spiro atoms. The van der Waals surface area contributed by atoms with Gasteiger partial charge in [-0.15, -0.1) is 13.2 Å². The van der Waals surface area contributed by atoms with Crippen LogP contribution in [0.25, 0.3) is 0 Å². The van der Waals surface area contributed by atoms with Crippen molar-refractivity contribution in [2.75, 3.05) is 25.0 Å². The molecule has 49 heavy (non-hydrogen) atoms. The SMILES string of the molecule is O=C(C[C@@H](c1ccc(F)cc1)c1cc(F)cc(F)c1)Nc1cncc(F)c1C[C@@H]1CC12CNCCN2C(=O)c1ccc(OC(F)(F)F)cc1. The Labute approximate surface area is 276 Å². The van der Waals surface area contributed by atoms with Crippen LogP contribution in [0.3, 0.4) is 0 Å². The van der Waals surface area contributed by atoms with Crippen LogP contribution in [-0.2, 0) is 11.2 Å². The predicted molar refractivity (Wildman–Crippen MR) is 164 cm³/mol. The quantitative estimate of drug-likeness (QED) is 0.191. The highest BCUT2D eigenvalue weighted by molar-refractivity contribution is 5.95. The number of halogens is 7. The molecule has 2 fully saturated rings. The van der Waals surface area contributed by atoms with E-state index >= 15 is 4.39 Å². The number of aromatic nitrogens is 1. The Morgan fingerprint density at radius 1 is 0.939 bits per heavy atom. The molecule has 1 unspecified atom stereocenters. The number of nitrogens with one attached hydrogen (secondary N) is 2. The number of alkyl halides is 3. The van der Waals surface area contributed by atoms with Crippen LogP contribution in [0.2, 0.25) is 0 Å². The zero-order valence-corrected chi connectivity index (χ0v) is 25.7. The van der Waals surface area contributed by atoms with Gasteiger partial charge in [0, 0.05) is 49.2 Å². The van der Waals surface area contributed by atoms with Gasteiger partial charge in [0.2, 0.25) is 5.91 Å². The average Bonchev–Trinajstić information content (AvgIpc) is 3.72. The molecule has 2 N–H and O–H groups in total. The largest absolute Gasteiger partial charge is 0.573 e. The average molecular weight is 687 g/mol.